The number of likely N-dealkylation sites (N-methyl/N-ethyl adjacent to an activating group) is 1. The molecule has 10 rings (SSSR count). The molecule has 0 aromatic carbocycles. The fourth-order valence-electron chi connectivity index (χ4n) is 11.1. The van der Waals surface area contributed by atoms with Crippen molar-refractivity contribution in [3.05, 3.63) is 127 Å². The van der Waals surface area contributed by atoms with Crippen LogP contribution in [0.4, 0.5) is 5.88 Å². The molecule has 5 aliphatic carbocycles. The number of allylic oxidation sites excluding steroid dienone is 5. The van der Waals surface area contributed by atoms with Gasteiger partial charge in [0.25, 0.3) is 5.91 Å². The Morgan fingerprint density at radius 3 is 2.36 bits per heavy atom. The second-order valence-corrected chi connectivity index (χ2v) is 22.3. The molecule has 2 unspecified atom stereocenters. The van der Waals surface area contributed by atoms with Crippen molar-refractivity contribution >= 4 is 51.1 Å². The number of anilines is 1. The van der Waals surface area contributed by atoms with E-state index in [0.717, 1.165) is 150 Å². The first kappa shape index (κ1) is 51.1. The maximum Gasteiger partial charge on any atom is 0.270 e. The Labute approximate surface area is 420 Å². The molecule has 2 atom stereocenters. The Bertz CT molecular complexity index is 2830. The molecule has 2 fully saturated rings. The highest BCUT2D eigenvalue weighted by Crippen LogP contribution is 2.42. The lowest BCUT2D eigenvalue weighted by Gasteiger charge is -2.35. The molecule has 0 saturated heterocycles. The van der Waals surface area contributed by atoms with Gasteiger partial charge in [-0.3, -0.25) is 24.4 Å². The molecule has 0 spiro atoms. The van der Waals surface area contributed by atoms with Gasteiger partial charge in [-0.05, 0) is 136 Å². The van der Waals surface area contributed by atoms with E-state index in [-0.39, 0.29) is 28.7 Å². The predicted octanol–water partition coefficient (Wildman–Crippen LogP) is 11.6. The molecule has 3 aromatic rings. The van der Waals surface area contributed by atoms with Gasteiger partial charge < -0.3 is 23.7 Å². The fraction of sp³-hybridized carbons (Fsp3) is 0.525. The Hall–Kier alpha value is -5.29. The van der Waals surface area contributed by atoms with E-state index in [1.54, 1.807) is 15.9 Å². The summed E-state index contributed by atoms with van der Waals surface area (Å²) in [6, 6.07) is 4.10. The first-order valence-corrected chi connectivity index (χ1v) is 27.1. The van der Waals surface area contributed by atoms with Gasteiger partial charge in [0, 0.05) is 94.5 Å². The molecule has 5 heterocycles. The zero-order chi connectivity index (χ0) is 49.7. The van der Waals surface area contributed by atoms with Crippen LogP contribution >= 0.6 is 11.3 Å². The van der Waals surface area contributed by atoms with Crippen molar-refractivity contribution < 1.29 is 14.0 Å². The average Bonchev–Trinajstić information content (AvgIpc) is 3.64. The van der Waals surface area contributed by atoms with Crippen LogP contribution < -0.4 is 21.0 Å². The van der Waals surface area contributed by atoms with Gasteiger partial charge in [0.1, 0.15) is 15.9 Å². The van der Waals surface area contributed by atoms with E-state index in [2.05, 4.69) is 70.6 Å². The summed E-state index contributed by atoms with van der Waals surface area (Å²) in [7, 11) is 7.32. The largest absolute Gasteiger partial charge is 0.439 e. The minimum absolute atomic E-state index is 0.0553. The molecule has 2 saturated carbocycles. The lowest BCUT2D eigenvalue weighted by atomic mass is 9.76. The fourth-order valence-corrected chi connectivity index (χ4v) is 12.0. The minimum Gasteiger partial charge on any atom is -0.439 e. The van der Waals surface area contributed by atoms with Gasteiger partial charge in [-0.25, -0.2) is 0 Å². The third-order valence-electron chi connectivity index (χ3n) is 15.4. The minimum atomic E-state index is -0.199. The number of aromatic nitrogens is 1. The van der Waals surface area contributed by atoms with Crippen molar-refractivity contribution in [1.82, 2.24) is 14.4 Å². The van der Waals surface area contributed by atoms with E-state index in [1.165, 1.54) is 67.4 Å². The number of amides is 2. The number of hydrogen-bond acceptors (Lipinski definition) is 8. The molecule has 11 heteroatoms. The van der Waals surface area contributed by atoms with Crippen molar-refractivity contribution in [1.29, 1.82) is 0 Å². The Kier molecular flexibility index (Phi) is 16.4. The molecule has 1 radical (unpaired) electrons. The molecule has 2 aliphatic heterocycles. The zero-order valence-corrected chi connectivity index (χ0v) is 44.0. The number of thiophene rings is 1. The molecule has 70 heavy (non-hydrogen) atoms. The number of nitrogens with zero attached hydrogens (tertiary/aromatic N) is 6. The van der Waals surface area contributed by atoms with E-state index in [4.69, 9.17) is 9.41 Å². The molecule has 10 nitrogen and oxygen atoms in total. The van der Waals surface area contributed by atoms with Crippen molar-refractivity contribution in [2.75, 3.05) is 46.2 Å². The standard InChI is InChI=1S/C36H43N4O3S.C23H34N2O/c1-4-16-39(17-14-24-12-13-24)31-20-30(41)33-32(43-31)26(23-44-33)9-7-8-15-36-21-25(22-36)18-27-19-29(35(42)38(2)3)40(34(27)37-36)28-10-5-6-11-28;1-16(2)18(4)24-15-21-14-22(23(26)25(5)6)20(13-17(21)3)12-11-19-9-7-8-10-19/h12-13,18-21,23,28H,4-11,14-17,22H2,1-3H3;14-15,19-20H,1,3,7-13H2,2,4-6H3/b;21-15-,24-18?. The zero-order valence-electron chi connectivity index (χ0n) is 43.2. The highest BCUT2D eigenvalue weighted by Gasteiger charge is 2.38. The van der Waals surface area contributed by atoms with Crippen LogP contribution in [0.5, 0.6) is 0 Å². The second kappa shape index (κ2) is 22.4. The number of rotatable bonds is 19. The molecule has 0 N–H and O–H groups in total. The molecular formula is C59H77N6O4S. The maximum atomic E-state index is 13.2. The smallest absolute Gasteiger partial charge is 0.270 e. The van der Waals surface area contributed by atoms with Gasteiger partial charge in [0.2, 0.25) is 11.3 Å². The highest BCUT2D eigenvalue weighted by molar-refractivity contribution is 7.17. The first-order valence-electron chi connectivity index (χ1n) is 26.2. The number of aryl methyl sites for hydroxylation is 1. The van der Waals surface area contributed by atoms with E-state index in [1.807, 2.05) is 54.3 Å². The maximum absolute atomic E-state index is 13.2. The quantitative estimate of drug-likeness (QED) is 0.0879. The number of aliphatic imine (C=N–C) groups is 1. The average molecular weight is 966 g/mol. The van der Waals surface area contributed by atoms with Gasteiger partial charge in [-0.1, -0.05) is 82.8 Å². The number of unbranched alkanes of at least 4 members (excludes halogenated alkanes) is 1. The first-order chi connectivity index (χ1) is 33.6. The SMILES string of the molecule is C=C(C)C(C)=N/C=C1/C=C(C(=O)N(C)C)C(CCC2CCCC2)CC1=C.CCCN(CCC1=C[CH]1)c1cc(=O)c2scc(CCCCC34C=C(C=c5cc(C(=O)N(C)C)n(C6CCCC6)c5=N3)C4)c2o1. The molecule has 7 aliphatic rings. The Morgan fingerprint density at radius 1 is 0.971 bits per heavy atom. The van der Waals surface area contributed by atoms with Crippen molar-refractivity contribution in [3.8, 4) is 0 Å². The summed E-state index contributed by atoms with van der Waals surface area (Å²) < 4.78 is 9.45. The van der Waals surface area contributed by atoms with Crippen molar-refractivity contribution in [2.45, 2.75) is 148 Å². The van der Waals surface area contributed by atoms with Crippen molar-refractivity contribution in [2.24, 2.45) is 21.8 Å². The third kappa shape index (κ3) is 11.9. The van der Waals surface area contributed by atoms with Crippen LogP contribution in [-0.4, -0.2) is 78.7 Å². The molecule has 2 bridgehead atoms. The molecule has 373 valence electrons. The lowest BCUT2D eigenvalue weighted by molar-refractivity contribution is -0.125. The van der Waals surface area contributed by atoms with Gasteiger partial charge in [-0.2, -0.15) is 0 Å². The summed E-state index contributed by atoms with van der Waals surface area (Å²) in [5, 5.41) is 3.20. The topological polar surface area (TPSA) is 104 Å². The molecular weight excluding hydrogens is 889 g/mol. The number of carbonyl (C=O) groups excluding carboxylic acids is 2. The summed E-state index contributed by atoms with van der Waals surface area (Å²) in [4.78, 5) is 54.5. The predicted molar refractivity (Wildman–Crippen MR) is 289 cm³/mol. The normalized spacial score (nSPS) is 21.4. The summed E-state index contributed by atoms with van der Waals surface area (Å²) in [5.41, 5.74) is 11.0. The van der Waals surface area contributed by atoms with Crippen LogP contribution in [0.15, 0.2) is 108 Å². The van der Waals surface area contributed by atoms with Crippen LogP contribution in [0.2, 0.25) is 0 Å². The number of fused-ring (bicyclic) bond motifs is 1. The van der Waals surface area contributed by atoms with Crippen LogP contribution in [-0.2, 0) is 11.2 Å². The molecule has 2 amide bonds. The van der Waals surface area contributed by atoms with Gasteiger partial charge in [-0.15, -0.1) is 11.3 Å². The summed E-state index contributed by atoms with van der Waals surface area (Å²) >= 11 is 1.51. The van der Waals surface area contributed by atoms with Crippen LogP contribution in [0.3, 0.4) is 0 Å². The van der Waals surface area contributed by atoms with E-state index < -0.39 is 0 Å². The molecule has 3 aromatic heterocycles. The number of hydrogen-bond donors (Lipinski definition) is 0. The summed E-state index contributed by atoms with van der Waals surface area (Å²) in [6.07, 6.45) is 32.8. The Balaban J connectivity index is 0.000000217. The van der Waals surface area contributed by atoms with E-state index in [9.17, 15) is 14.4 Å². The summed E-state index contributed by atoms with van der Waals surface area (Å²) in [5.74, 6) is 1.98. The highest BCUT2D eigenvalue weighted by atomic mass is 32.1. The van der Waals surface area contributed by atoms with Crippen LogP contribution in [0.1, 0.15) is 152 Å². The van der Waals surface area contributed by atoms with Gasteiger partial charge in [0.15, 0.2) is 11.5 Å². The van der Waals surface area contributed by atoms with Crippen molar-refractivity contribution in [3.63, 3.8) is 0 Å². The Morgan fingerprint density at radius 2 is 1.69 bits per heavy atom. The van der Waals surface area contributed by atoms with Crippen LogP contribution in [0.25, 0.3) is 16.4 Å². The van der Waals surface area contributed by atoms with E-state index in [0.29, 0.717) is 11.9 Å². The van der Waals surface area contributed by atoms with Gasteiger partial charge >= 0.3 is 0 Å². The number of carbonyl (C=O) groups is 2. The van der Waals surface area contributed by atoms with Crippen LogP contribution in [0, 0.1) is 18.3 Å². The third-order valence-corrected chi connectivity index (χ3v) is 16.4. The second-order valence-electron chi connectivity index (χ2n) is 21.4. The summed E-state index contributed by atoms with van der Waals surface area (Å²) in [6.45, 7) is 16.0. The van der Waals surface area contributed by atoms with E-state index >= 15 is 0 Å². The monoisotopic (exact) mass is 966 g/mol. The lowest BCUT2D eigenvalue weighted by Crippen LogP contribution is -2.38. The van der Waals surface area contributed by atoms with Gasteiger partial charge in [0.05, 0.1) is 5.54 Å².